The van der Waals surface area contributed by atoms with E-state index in [4.69, 9.17) is 10.3 Å². The molecule has 7 heteroatoms. The third-order valence-electron chi connectivity index (χ3n) is 1.92. The zero-order valence-corrected chi connectivity index (χ0v) is 8.34. The number of carbonyl (C=O) groups is 1. The summed E-state index contributed by atoms with van der Waals surface area (Å²) >= 11 is 0. The van der Waals surface area contributed by atoms with Crippen LogP contribution in [0.2, 0.25) is 0 Å². The van der Waals surface area contributed by atoms with Gasteiger partial charge in [-0.2, -0.15) is 8.42 Å². The molecule has 78 valence electrons. The van der Waals surface area contributed by atoms with Crippen LogP contribution in [-0.4, -0.2) is 59.1 Å². The summed E-state index contributed by atoms with van der Waals surface area (Å²) < 4.78 is 28.7. The number of hydrogen-bond donors (Lipinski definition) is 2. The Morgan fingerprint density at radius 1 is 1.57 bits per heavy atom. The van der Waals surface area contributed by atoms with Crippen LogP contribution in [0.5, 0.6) is 0 Å². The van der Waals surface area contributed by atoms with E-state index < -0.39 is 26.7 Å². The van der Waals surface area contributed by atoms with E-state index in [1.807, 2.05) is 0 Å². The van der Waals surface area contributed by atoms with E-state index in [0.29, 0.717) is 0 Å². The van der Waals surface area contributed by atoms with Gasteiger partial charge in [-0.15, -0.1) is 0 Å². The second kappa shape index (κ2) is 5.39. The first-order chi connectivity index (χ1) is 5.64. The predicted octanol–water partition coefficient (Wildman–Crippen LogP) is -0.913. The number of ketones is 1. The maximum atomic E-state index is 11.0. The molecule has 0 aliphatic heterocycles. The molecule has 0 bridgehead atoms. The van der Waals surface area contributed by atoms with Gasteiger partial charge in [0.05, 0.1) is 6.04 Å². The molecule has 5 nitrogen and oxygen atoms in total. The van der Waals surface area contributed by atoms with Crippen molar-refractivity contribution in [2.45, 2.75) is 24.6 Å². The summed E-state index contributed by atoms with van der Waals surface area (Å²) in [6, 6.07) is -1.31. The van der Waals surface area contributed by atoms with Crippen molar-refractivity contribution in [1.29, 1.82) is 0 Å². The van der Waals surface area contributed by atoms with Gasteiger partial charge in [-0.1, -0.05) is 6.58 Å². The molecule has 0 aromatic carbocycles. The molecule has 0 aromatic heterocycles. The Balaban J connectivity index is 0. The topological polar surface area (TPSA) is 97.5 Å². The van der Waals surface area contributed by atoms with E-state index in [0.717, 1.165) is 6.08 Å². The van der Waals surface area contributed by atoms with Gasteiger partial charge in [-0.05, 0) is 19.9 Å². The molecule has 0 saturated heterocycles. The molecule has 0 radical (unpaired) electrons. The van der Waals surface area contributed by atoms with Gasteiger partial charge in [-0.25, -0.2) is 0 Å². The fourth-order valence-electron chi connectivity index (χ4n) is 0.630. The fourth-order valence-corrected chi connectivity index (χ4v) is 1.07. The van der Waals surface area contributed by atoms with E-state index in [9.17, 15) is 13.2 Å². The van der Waals surface area contributed by atoms with E-state index in [2.05, 4.69) is 6.58 Å². The minimum absolute atomic E-state index is 0. The number of rotatable bonds is 4. The van der Waals surface area contributed by atoms with E-state index in [-0.39, 0.29) is 29.6 Å². The first-order valence-electron chi connectivity index (χ1n) is 3.53. The van der Waals surface area contributed by atoms with Crippen LogP contribution in [0.25, 0.3) is 0 Å². The van der Waals surface area contributed by atoms with Gasteiger partial charge < -0.3 is 5.73 Å². The van der Waals surface area contributed by atoms with Gasteiger partial charge in [0.2, 0.25) is 0 Å². The molecule has 1 unspecified atom stereocenters. The zero-order valence-electron chi connectivity index (χ0n) is 7.52. The molecule has 0 rings (SSSR count). The van der Waals surface area contributed by atoms with Gasteiger partial charge in [-0.3, -0.25) is 9.35 Å². The van der Waals surface area contributed by atoms with Crippen LogP contribution in [-0.2, 0) is 14.9 Å². The first kappa shape index (κ1) is 16.7. The summed E-state index contributed by atoms with van der Waals surface area (Å²) in [6.07, 6.45) is 0.928. The molecule has 0 aliphatic rings. The number of carbonyl (C=O) groups excluding carboxylic acids is 1. The standard InChI is InChI=1S/C7H13NO4S.Na.H/c1-4-5(9)6(8)7(2,3)13(10,11)12;;/h4,6H,1,8H2,2-3H3,(H,10,11,12);;. The molecule has 0 heterocycles. The average molecular weight is 231 g/mol. The third-order valence-corrected chi connectivity index (χ3v) is 3.51. The van der Waals surface area contributed by atoms with Crippen LogP contribution >= 0.6 is 0 Å². The minimum atomic E-state index is -4.35. The van der Waals surface area contributed by atoms with Crippen molar-refractivity contribution in [3.8, 4) is 0 Å². The van der Waals surface area contributed by atoms with Gasteiger partial charge >= 0.3 is 29.6 Å². The Bertz CT molecular complexity index is 323. The zero-order chi connectivity index (χ0) is 10.9. The summed E-state index contributed by atoms with van der Waals surface area (Å²) in [4.78, 5) is 11.0. The van der Waals surface area contributed by atoms with Gasteiger partial charge in [0.1, 0.15) is 4.75 Å². The predicted molar refractivity (Wildman–Crippen MR) is 56.0 cm³/mol. The molecule has 0 fully saturated rings. The SMILES string of the molecule is C=CC(=O)C(N)C(C)(C)S(=O)(=O)O.[NaH]. The maximum absolute atomic E-state index is 11.0. The summed E-state index contributed by atoms with van der Waals surface area (Å²) in [5, 5.41) is 0. The van der Waals surface area contributed by atoms with Crippen LogP contribution < -0.4 is 5.73 Å². The van der Waals surface area contributed by atoms with Crippen LogP contribution in [0, 0.1) is 0 Å². The molecule has 0 spiro atoms. The average Bonchev–Trinajstić information content (AvgIpc) is 1.99. The Labute approximate surface area is 106 Å². The van der Waals surface area contributed by atoms with Crippen LogP contribution in [0.1, 0.15) is 13.8 Å². The molecule has 14 heavy (non-hydrogen) atoms. The van der Waals surface area contributed by atoms with E-state index in [1.54, 1.807) is 0 Å². The van der Waals surface area contributed by atoms with Crippen molar-refractivity contribution < 1.29 is 17.8 Å². The molecule has 0 aliphatic carbocycles. The molecular formula is C7H14NNaO4S. The Morgan fingerprint density at radius 3 is 2.14 bits per heavy atom. The van der Waals surface area contributed by atoms with Gasteiger partial charge in [0, 0.05) is 0 Å². The van der Waals surface area contributed by atoms with Gasteiger partial charge in [0.25, 0.3) is 10.1 Å². The first-order valence-corrected chi connectivity index (χ1v) is 4.97. The number of nitrogens with two attached hydrogens (primary N) is 1. The second-order valence-electron chi connectivity index (χ2n) is 3.16. The number of hydrogen-bond acceptors (Lipinski definition) is 4. The normalized spacial score (nSPS) is 14.0. The van der Waals surface area contributed by atoms with Crippen LogP contribution in [0.4, 0.5) is 0 Å². The van der Waals surface area contributed by atoms with Crippen molar-refractivity contribution in [3.63, 3.8) is 0 Å². The van der Waals surface area contributed by atoms with Crippen molar-refractivity contribution in [2.24, 2.45) is 5.73 Å². The van der Waals surface area contributed by atoms with Crippen molar-refractivity contribution in [3.05, 3.63) is 12.7 Å². The summed E-state index contributed by atoms with van der Waals surface area (Å²) in [7, 11) is -4.35. The molecular weight excluding hydrogens is 217 g/mol. The second-order valence-corrected chi connectivity index (χ2v) is 5.17. The monoisotopic (exact) mass is 231 g/mol. The molecule has 0 amide bonds. The summed E-state index contributed by atoms with van der Waals surface area (Å²) in [5.74, 6) is -0.623. The summed E-state index contributed by atoms with van der Waals surface area (Å²) in [5.41, 5.74) is 5.33. The van der Waals surface area contributed by atoms with Crippen molar-refractivity contribution in [1.82, 2.24) is 0 Å². The van der Waals surface area contributed by atoms with Crippen LogP contribution in [0.3, 0.4) is 0 Å². The van der Waals surface area contributed by atoms with Crippen molar-refractivity contribution in [2.75, 3.05) is 0 Å². The third kappa shape index (κ3) is 3.45. The quantitative estimate of drug-likeness (QED) is 0.371. The molecule has 3 N–H and O–H groups in total. The fraction of sp³-hybridized carbons (Fsp3) is 0.571. The Hall–Kier alpha value is 0.280. The van der Waals surface area contributed by atoms with Gasteiger partial charge in [0.15, 0.2) is 5.78 Å². The van der Waals surface area contributed by atoms with Crippen LogP contribution in [0.15, 0.2) is 12.7 Å². The van der Waals surface area contributed by atoms with E-state index in [1.165, 1.54) is 13.8 Å². The Kier molecular flexibility index (Phi) is 6.43. The summed E-state index contributed by atoms with van der Waals surface area (Å²) in [6.45, 7) is 5.52. The Morgan fingerprint density at radius 2 is 1.93 bits per heavy atom. The van der Waals surface area contributed by atoms with Crippen molar-refractivity contribution >= 4 is 45.5 Å². The molecule has 0 saturated carbocycles. The van der Waals surface area contributed by atoms with E-state index >= 15 is 0 Å². The molecule has 1 atom stereocenters. The molecule has 0 aromatic rings.